The number of amides is 1. The van der Waals surface area contributed by atoms with Crippen LogP contribution in [0.2, 0.25) is 0 Å². The van der Waals surface area contributed by atoms with Crippen molar-refractivity contribution in [2.75, 3.05) is 31.2 Å². The van der Waals surface area contributed by atoms with Crippen LogP contribution in [0, 0.1) is 0 Å². The lowest BCUT2D eigenvalue weighted by Crippen LogP contribution is -2.40. The first-order valence-electron chi connectivity index (χ1n) is 8.50. The number of piperidine rings is 1. The lowest BCUT2D eigenvalue weighted by atomic mass is 9.99. The number of hydrogen-bond donors (Lipinski definition) is 1. The van der Waals surface area contributed by atoms with Crippen LogP contribution in [0.3, 0.4) is 0 Å². The highest BCUT2D eigenvalue weighted by atomic mass is 32.2. The van der Waals surface area contributed by atoms with Gasteiger partial charge in [-0.2, -0.15) is 0 Å². The summed E-state index contributed by atoms with van der Waals surface area (Å²) in [5.74, 6) is 0.916. The van der Waals surface area contributed by atoms with Crippen molar-refractivity contribution in [2.24, 2.45) is 0 Å². The minimum absolute atomic E-state index is 0.169. The van der Waals surface area contributed by atoms with Gasteiger partial charge in [-0.05, 0) is 25.0 Å². The zero-order valence-corrected chi connectivity index (χ0v) is 16.8. The predicted octanol–water partition coefficient (Wildman–Crippen LogP) is 3.69. The lowest BCUT2D eigenvalue weighted by molar-refractivity contribution is -0.129. The van der Waals surface area contributed by atoms with Gasteiger partial charge in [-0.25, -0.2) is 4.98 Å². The van der Waals surface area contributed by atoms with Gasteiger partial charge in [-0.3, -0.25) is 4.79 Å². The number of nitrogens with one attached hydrogen (secondary N) is 1. The molecule has 0 saturated carbocycles. The Hall–Kier alpha value is -1.71. The first kappa shape index (κ1) is 17.7. The summed E-state index contributed by atoms with van der Waals surface area (Å²) in [6.07, 6.45) is 2.12. The Morgan fingerprint density at radius 1 is 1.35 bits per heavy atom. The number of benzene rings is 1. The number of carbonyl (C=O) groups is 1. The first-order chi connectivity index (χ1) is 12.7. The second-order valence-corrected chi connectivity index (χ2v) is 9.37. The molecule has 1 N–H and O–H groups in total. The van der Waals surface area contributed by atoms with Crippen LogP contribution in [-0.4, -0.2) is 51.9 Å². The molecule has 1 unspecified atom stereocenters. The van der Waals surface area contributed by atoms with Gasteiger partial charge in [0.1, 0.15) is 0 Å². The normalized spacial score (nSPS) is 17.6. The molecule has 3 aromatic rings. The van der Waals surface area contributed by atoms with Gasteiger partial charge in [-0.15, -0.1) is 21.5 Å². The molecule has 0 radical (unpaired) electrons. The van der Waals surface area contributed by atoms with E-state index in [1.165, 1.54) is 27.8 Å². The maximum atomic E-state index is 12.6. The van der Waals surface area contributed by atoms with Gasteiger partial charge in [0.25, 0.3) is 0 Å². The van der Waals surface area contributed by atoms with Crippen LogP contribution in [0.4, 0.5) is 5.13 Å². The molecule has 1 atom stereocenters. The van der Waals surface area contributed by atoms with Crippen LogP contribution >= 0.6 is 34.4 Å². The zero-order chi connectivity index (χ0) is 17.9. The minimum Gasteiger partial charge on any atom is -0.363 e. The number of carbonyl (C=O) groups excluding carboxylic acids is 1. The molecule has 1 aromatic carbocycles. The average molecular weight is 406 g/mol. The lowest BCUT2D eigenvalue weighted by Gasteiger charge is -2.31. The van der Waals surface area contributed by atoms with Crippen molar-refractivity contribution in [3.8, 4) is 0 Å². The second-order valence-electron chi connectivity index (χ2n) is 6.11. The van der Waals surface area contributed by atoms with Crippen molar-refractivity contribution in [3.63, 3.8) is 0 Å². The number of likely N-dealkylation sites (tertiary alicyclic amines) is 1. The number of nitrogens with zero attached hydrogens (tertiary/aromatic N) is 4. The maximum absolute atomic E-state index is 12.6. The van der Waals surface area contributed by atoms with E-state index < -0.39 is 0 Å². The number of para-hydroxylation sites is 1. The molecule has 26 heavy (non-hydrogen) atoms. The molecule has 0 bridgehead atoms. The Balaban J connectivity index is 1.38. The van der Waals surface area contributed by atoms with Crippen LogP contribution in [0.15, 0.2) is 28.6 Å². The molecule has 3 heterocycles. The smallest absolute Gasteiger partial charge is 0.233 e. The fourth-order valence-corrected chi connectivity index (χ4v) is 5.76. The van der Waals surface area contributed by atoms with Gasteiger partial charge >= 0.3 is 0 Å². The Morgan fingerprint density at radius 3 is 3.04 bits per heavy atom. The standard InChI is InChI=1S/C17H19N5OS3/c1-18-16-20-21-17(26-16)24-10-14(23)22-8-4-5-11(9-22)15-19-12-6-2-3-7-13(12)25-15/h2-3,6-7,11H,4-5,8-10H2,1H3,(H,18,20). The number of thiazole rings is 1. The van der Waals surface area contributed by atoms with E-state index in [0.29, 0.717) is 11.7 Å². The molecule has 0 spiro atoms. The third-order valence-corrected chi connectivity index (χ3v) is 7.63. The monoisotopic (exact) mass is 405 g/mol. The van der Waals surface area contributed by atoms with E-state index in [1.54, 1.807) is 11.3 Å². The number of hydrogen-bond acceptors (Lipinski definition) is 8. The molecular formula is C17H19N5OS3. The molecule has 1 aliphatic rings. The van der Waals surface area contributed by atoms with Gasteiger partial charge in [0.2, 0.25) is 11.0 Å². The van der Waals surface area contributed by atoms with E-state index in [2.05, 4.69) is 27.6 Å². The molecule has 6 nitrogen and oxygen atoms in total. The van der Waals surface area contributed by atoms with E-state index >= 15 is 0 Å². The summed E-state index contributed by atoms with van der Waals surface area (Å²) in [5.41, 5.74) is 1.06. The number of fused-ring (bicyclic) bond motifs is 1. The fraction of sp³-hybridized carbons (Fsp3) is 0.412. The van der Waals surface area contributed by atoms with E-state index in [4.69, 9.17) is 4.98 Å². The molecule has 136 valence electrons. The van der Waals surface area contributed by atoms with Crippen molar-refractivity contribution in [1.82, 2.24) is 20.1 Å². The predicted molar refractivity (Wildman–Crippen MR) is 108 cm³/mol. The fourth-order valence-electron chi connectivity index (χ4n) is 3.05. The Bertz CT molecular complexity index is 876. The zero-order valence-electron chi connectivity index (χ0n) is 14.3. The highest BCUT2D eigenvalue weighted by Gasteiger charge is 2.27. The summed E-state index contributed by atoms with van der Waals surface area (Å²) < 4.78 is 2.04. The number of thioether (sulfide) groups is 1. The molecule has 1 fully saturated rings. The SMILES string of the molecule is CNc1nnc(SCC(=O)N2CCCC(c3nc4ccccc4s3)C2)s1. The molecule has 4 rings (SSSR count). The van der Waals surface area contributed by atoms with Gasteiger partial charge in [0.15, 0.2) is 4.34 Å². The van der Waals surface area contributed by atoms with Crippen molar-refractivity contribution in [1.29, 1.82) is 0 Å². The van der Waals surface area contributed by atoms with Crippen molar-refractivity contribution in [3.05, 3.63) is 29.3 Å². The van der Waals surface area contributed by atoms with Gasteiger partial charge in [0.05, 0.1) is 21.0 Å². The summed E-state index contributed by atoms with van der Waals surface area (Å²) in [5, 5.41) is 13.0. The van der Waals surface area contributed by atoms with E-state index in [-0.39, 0.29) is 5.91 Å². The summed E-state index contributed by atoms with van der Waals surface area (Å²) in [6.45, 7) is 1.59. The molecule has 1 saturated heterocycles. The van der Waals surface area contributed by atoms with Crippen molar-refractivity contribution < 1.29 is 4.79 Å². The van der Waals surface area contributed by atoms with E-state index in [1.807, 2.05) is 24.1 Å². The average Bonchev–Trinajstić information content (AvgIpc) is 3.32. The first-order valence-corrected chi connectivity index (χ1v) is 11.1. The Labute approximate surface area is 164 Å². The van der Waals surface area contributed by atoms with Crippen molar-refractivity contribution >= 4 is 55.7 Å². The van der Waals surface area contributed by atoms with E-state index in [0.717, 1.165) is 45.9 Å². The summed E-state index contributed by atoms with van der Waals surface area (Å²) in [6, 6.07) is 8.23. The molecule has 0 aliphatic carbocycles. The van der Waals surface area contributed by atoms with Crippen LogP contribution in [0.25, 0.3) is 10.2 Å². The van der Waals surface area contributed by atoms with Crippen molar-refractivity contribution in [2.45, 2.75) is 23.1 Å². The molecule has 9 heteroatoms. The largest absolute Gasteiger partial charge is 0.363 e. The highest BCUT2D eigenvalue weighted by molar-refractivity contribution is 8.01. The van der Waals surface area contributed by atoms with Gasteiger partial charge in [-0.1, -0.05) is 35.2 Å². The maximum Gasteiger partial charge on any atom is 0.233 e. The quantitative estimate of drug-likeness (QED) is 0.653. The molecular weight excluding hydrogens is 386 g/mol. The second kappa shape index (κ2) is 7.89. The van der Waals surface area contributed by atoms with Crippen LogP contribution in [-0.2, 0) is 4.79 Å². The summed E-state index contributed by atoms with van der Waals surface area (Å²) in [4.78, 5) is 19.4. The third-order valence-electron chi connectivity index (χ3n) is 4.37. The summed E-state index contributed by atoms with van der Waals surface area (Å²) in [7, 11) is 1.82. The number of aromatic nitrogens is 3. The van der Waals surface area contributed by atoms with Crippen LogP contribution in [0.1, 0.15) is 23.8 Å². The molecule has 2 aromatic heterocycles. The topological polar surface area (TPSA) is 71.0 Å². The minimum atomic E-state index is 0.169. The van der Waals surface area contributed by atoms with Crippen LogP contribution in [0.5, 0.6) is 0 Å². The number of rotatable bonds is 5. The summed E-state index contributed by atoms with van der Waals surface area (Å²) >= 11 is 4.69. The molecule has 1 aliphatic heterocycles. The van der Waals surface area contributed by atoms with E-state index in [9.17, 15) is 4.79 Å². The van der Waals surface area contributed by atoms with Gasteiger partial charge < -0.3 is 10.2 Å². The van der Waals surface area contributed by atoms with Crippen LogP contribution < -0.4 is 5.32 Å². The third kappa shape index (κ3) is 3.84. The highest BCUT2D eigenvalue weighted by Crippen LogP contribution is 2.33. The van der Waals surface area contributed by atoms with Gasteiger partial charge in [0, 0.05) is 26.1 Å². The molecule has 1 amide bonds. The Morgan fingerprint density at radius 2 is 2.23 bits per heavy atom. The number of anilines is 1. The Kier molecular flexibility index (Phi) is 5.37.